The first-order valence-electron chi connectivity index (χ1n) is 4.60. The Kier molecular flexibility index (Phi) is 3.42. The molecule has 4 heteroatoms. The molecule has 0 fully saturated rings. The fourth-order valence-electron chi connectivity index (χ4n) is 1.39. The third-order valence-corrected chi connectivity index (χ3v) is 2.40. The number of ether oxygens (including phenoxy) is 1. The van der Waals surface area contributed by atoms with E-state index in [1.165, 1.54) is 14.0 Å². The van der Waals surface area contributed by atoms with E-state index in [1.807, 2.05) is 0 Å². The molecule has 1 aromatic rings. The van der Waals surface area contributed by atoms with Crippen LogP contribution < -0.4 is 5.73 Å². The second-order valence-electron chi connectivity index (χ2n) is 3.34. The lowest BCUT2D eigenvalue weighted by atomic mass is 9.87. The lowest BCUT2D eigenvalue weighted by Crippen LogP contribution is -2.52. The molecule has 0 aliphatic rings. The van der Waals surface area contributed by atoms with E-state index in [0.717, 1.165) is 0 Å². The van der Waals surface area contributed by atoms with E-state index in [1.54, 1.807) is 30.3 Å². The van der Waals surface area contributed by atoms with E-state index in [-0.39, 0.29) is 0 Å². The maximum Gasteiger partial charge on any atom is 0.333 e. The van der Waals surface area contributed by atoms with Crippen LogP contribution in [0, 0.1) is 0 Å². The molecule has 2 unspecified atom stereocenters. The van der Waals surface area contributed by atoms with Crippen molar-refractivity contribution in [2.75, 3.05) is 7.11 Å². The van der Waals surface area contributed by atoms with Gasteiger partial charge in [0.1, 0.15) is 6.17 Å². The number of carbonyl (C=O) groups is 1. The summed E-state index contributed by atoms with van der Waals surface area (Å²) >= 11 is 0. The highest BCUT2D eigenvalue weighted by Gasteiger charge is 2.43. The average molecular weight is 211 g/mol. The summed E-state index contributed by atoms with van der Waals surface area (Å²) in [6.07, 6.45) is -1.52. The summed E-state index contributed by atoms with van der Waals surface area (Å²) in [7, 11) is 1.19. The van der Waals surface area contributed by atoms with E-state index < -0.39 is 17.7 Å². The Morgan fingerprint density at radius 1 is 1.47 bits per heavy atom. The smallest absolute Gasteiger partial charge is 0.333 e. The number of halogens is 1. The zero-order valence-corrected chi connectivity index (χ0v) is 8.74. The highest BCUT2D eigenvalue weighted by Crippen LogP contribution is 2.25. The second-order valence-corrected chi connectivity index (χ2v) is 3.34. The summed E-state index contributed by atoms with van der Waals surface area (Å²) in [6, 6.07) is 8.37. The minimum absolute atomic E-state index is 0.409. The Balaban J connectivity index is 3.19. The van der Waals surface area contributed by atoms with Gasteiger partial charge in [0.25, 0.3) is 0 Å². The van der Waals surface area contributed by atoms with Crippen LogP contribution in [-0.4, -0.2) is 19.3 Å². The van der Waals surface area contributed by atoms with Crippen LogP contribution in [0.25, 0.3) is 0 Å². The molecule has 0 aliphatic heterocycles. The van der Waals surface area contributed by atoms with Crippen molar-refractivity contribution in [2.45, 2.75) is 18.6 Å². The van der Waals surface area contributed by atoms with Crippen LogP contribution in [0.2, 0.25) is 0 Å². The van der Waals surface area contributed by atoms with Crippen molar-refractivity contribution in [3.8, 4) is 0 Å². The van der Waals surface area contributed by atoms with Crippen LogP contribution in [0.4, 0.5) is 4.39 Å². The standard InChI is InChI=1S/C11H14FNO2/c1-8(12)11(13,10(14)15-2)9-6-4-3-5-7-9/h3-8H,13H2,1-2H3. The van der Waals surface area contributed by atoms with Crippen LogP contribution in [0.1, 0.15) is 12.5 Å². The van der Waals surface area contributed by atoms with Crippen molar-refractivity contribution in [3.05, 3.63) is 35.9 Å². The molecule has 0 spiro atoms. The normalized spacial score (nSPS) is 16.5. The predicted octanol–water partition coefficient (Wildman–Crippen LogP) is 1.37. The zero-order valence-electron chi connectivity index (χ0n) is 8.74. The van der Waals surface area contributed by atoms with Gasteiger partial charge in [0.2, 0.25) is 0 Å². The van der Waals surface area contributed by atoms with Crippen molar-refractivity contribution in [2.24, 2.45) is 5.73 Å². The molecule has 0 radical (unpaired) electrons. The number of hydrogen-bond acceptors (Lipinski definition) is 3. The number of alkyl halides is 1. The Morgan fingerprint density at radius 2 is 2.00 bits per heavy atom. The monoisotopic (exact) mass is 211 g/mol. The minimum Gasteiger partial charge on any atom is -0.467 e. The summed E-state index contributed by atoms with van der Waals surface area (Å²) in [6.45, 7) is 1.24. The number of methoxy groups -OCH3 is 1. The SMILES string of the molecule is COC(=O)C(N)(c1ccccc1)C(C)F. The van der Waals surface area contributed by atoms with Crippen LogP contribution in [0.3, 0.4) is 0 Å². The fraction of sp³-hybridized carbons (Fsp3) is 0.364. The first kappa shape index (κ1) is 11.7. The number of nitrogens with two attached hydrogens (primary N) is 1. The van der Waals surface area contributed by atoms with Crippen molar-refractivity contribution >= 4 is 5.97 Å². The molecule has 2 atom stereocenters. The van der Waals surface area contributed by atoms with Gasteiger partial charge in [-0.2, -0.15) is 0 Å². The summed E-state index contributed by atoms with van der Waals surface area (Å²) in [5.74, 6) is -0.774. The molecule has 15 heavy (non-hydrogen) atoms. The van der Waals surface area contributed by atoms with Gasteiger partial charge in [0, 0.05) is 0 Å². The van der Waals surface area contributed by atoms with Crippen molar-refractivity contribution in [3.63, 3.8) is 0 Å². The summed E-state index contributed by atoms with van der Waals surface area (Å²) in [4.78, 5) is 11.5. The van der Waals surface area contributed by atoms with E-state index >= 15 is 0 Å². The van der Waals surface area contributed by atoms with Gasteiger partial charge in [0.05, 0.1) is 7.11 Å². The molecule has 2 N–H and O–H groups in total. The molecule has 82 valence electrons. The third kappa shape index (κ3) is 1.99. The first-order valence-corrected chi connectivity index (χ1v) is 4.60. The largest absolute Gasteiger partial charge is 0.467 e. The molecular weight excluding hydrogens is 197 g/mol. The van der Waals surface area contributed by atoms with Gasteiger partial charge in [-0.1, -0.05) is 30.3 Å². The number of benzene rings is 1. The highest BCUT2D eigenvalue weighted by atomic mass is 19.1. The average Bonchev–Trinajstić information content (AvgIpc) is 2.27. The molecule has 1 rings (SSSR count). The molecule has 1 aromatic carbocycles. The van der Waals surface area contributed by atoms with Gasteiger partial charge in [-0.25, -0.2) is 9.18 Å². The second kappa shape index (κ2) is 4.40. The Morgan fingerprint density at radius 3 is 2.40 bits per heavy atom. The Bertz CT molecular complexity index is 340. The van der Waals surface area contributed by atoms with Gasteiger partial charge in [0.15, 0.2) is 5.54 Å². The molecule has 0 amide bonds. The quantitative estimate of drug-likeness (QED) is 0.768. The minimum atomic E-state index is -1.73. The number of rotatable bonds is 3. The number of hydrogen-bond donors (Lipinski definition) is 1. The number of carbonyl (C=O) groups excluding carboxylic acids is 1. The molecule has 0 saturated heterocycles. The molecule has 0 aliphatic carbocycles. The molecular formula is C11H14FNO2. The summed E-state index contributed by atoms with van der Waals surface area (Å²) in [5.41, 5.74) is 4.45. The topological polar surface area (TPSA) is 52.3 Å². The van der Waals surface area contributed by atoms with Crippen LogP contribution in [0.5, 0.6) is 0 Å². The van der Waals surface area contributed by atoms with Crippen molar-refractivity contribution in [1.82, 2.24) is 0 Å². The van der Waals surface area contributed by atoms with Gasteiger partial charge in [-0.05, 0) is 12.5 Å². The first-order chi connectivity index (χ1) is 7.03. The van der Waals surface area contributed by atoms with Crippen LogP contribution in [-0.2, 0) is 15.1 Å². The number of esters is 1. The zero-order chi connectivity index (χ0) is 11.5. The molecule has 3 nitrogen and oxygen atoms in total. The van der Waals surface area contributed by atoms with Crippen LogP contribution in [0.15, 0.2) is 30.3 Å². The lowest BCUT2D eigenvalue weighted by Gasteiger charge is -2.28. The van der Waals surface area contributed by atoms with Crippen molar-refractivity contribution in [1.29, 1.82) is 0 Å². The van der Waals surface area contributed by atoms with Gasteiger partial charge >= 0.3 is 5.97 Å². The Hall–Kier alpha value is -1.42. The van der Waals surface area contributed by atoms with E-state index in [9.17, 15) is 9.18 Å². The van der Waals surface area contributed by atoms with Gasteiger partial charge in [-0.15, -0.1) is 0 Å². The van der Waals surface area contributed by atoms with Gasteiger partial charge in [-0.3, -0.25) is 0 Å². The molecule has 0 saturated carbocycles. The maximum atomic E-state index is 13.4. The maximum absolute atomic E-state index is 13.4. The van der Waals surface area contributed by atoms with Crippen LogP contribution >= 0.6 is 0 Å². The van der Waals surface area contributed by atoms with E-state index in [4.69, 9.17) is 5.73 Å². The van der Waals surface area contributed by atoms with E-state index in [2.05, 4.69) is 4.74 Å². The predicted molar refractivity (Wildman–Crippen MR) is 54.9 cm³/mol. The highest BCUT2D eigenvalue weighted by molar-refractivity contribution is 5.83. The molecule has 0 bridgehead atoms. The lowest BCUT2D eigenvalue weighted by molar-refractivity contribution is -0.150. The van der Waals surface area contributed by atoms with Gasteiger partial charge < -0.3 is 10.5 Å². The Labute approximate surface area is 88.0 Å². The van der Waals surface area contributed by atoms with Crippen molar-refractivity contribution < 1.29 is 13.9 Å². The third-order valence-electron chi connectivity index (χ3n) is 2.40. The summed E-state index contributed by atoms with van der Waals surface area (Å²) in [5, 5.41) is 0. The molecule has 0 heterocycles. The molecule has 0 aromatic heterocycles. The fourth-order valence-corrected chi connectivity index (χ4v) is 1.39. The van der Waals surface area contributed by atoms with E-state index in [0.29, 0.717) is 5.56 Å². The summed E-state index contributed by atoms with van der Waals surface area (Å²) < 4.78 is 18.0.